The minimum atomic E-state index is -2.92. The largest absolute Gasteiger partial charge is 0.434 e. The van der Waals surface area contributed by atoms with Gasteiger partial charge in [-0.25, -0.2) is 0 Å². The van der Waals surface area contributed by atoms with Crippen LogP contribution in [0.1, 0.15) is 33.9 Å². The van der Waals surface area contributed by atoms with E-state index in [2.05, 4.69) is 20.4 Å². The first-order valence-electron chi connectivity index (χ1n) is 8.95. The summed E-state index contributed by atoms with van der Waals surface area (Å²) >= 11 is 0. The van der Waals surface area contributed by atoms with E-state index in [0.717, 1.165) is 5.56 Å². The highest BCUT2D eigenvalue weighted by Gasteiger charge is 2.26. The number of fused-ring (bicyclic) bond motifs is 2. The van der Waals surface area contributed by atoms with Crippen LogP contribution in [-0.4, -0.2) is 23.4 Å². The SMILES string of the molecule is Cc1cc2cc(C(=O)NC3CC(=O)Nc4ccccc43)cnc2cc1OC(F)F. The molecule has 4 rings (SSSR count). The maximum atomic E-state index is 12.8. The highest BCUT2D eigenvalue weighted by atomic mass is 19.3. The third-order valence-electron chi connectivity index (χ3n) is 4.76. The summed E-state index contributed by atoms with van der Waals surface area (Å²) < 4.78 is 29.5. The lowest BCUT2D eigenvalue weighted by Crippen LogP contribution is -2.35. The molecule has 1 aliphatic rings. The van der Waals surface area contributed by atoms with Gasteiger partial charge < -0.3 is 15.4 Å². The monoisotopic (exact) mass is 397 g/mol. The molecule has 0 saturated carbocycles. The van der Waals surface area contributed by atoms with Crippen LogP contribution in [0.3, 0.4) is 0 Å². The van der Waals surface area contributed by atoms with Gasteiger partial charge in [0.1, 0.15) is 5.75 Å². The summed E-state index contributed by atoms with van der Waals surface area (Å²) in [5, 5.41) is 6.28. The van der Waals surface area contributed by atoms with Crippen molar-refractivity contribution >= 4 is 28.4 Å². The van der Waals surface area contributed by atoms with Gasteiger partial charge in [0.2, 0.25) is 5.91 Å². The van der Waals surface area contributed by atoms with Crippen molar-refractivity contribution in [2.45, 2.75) is 26.0 Å². The van der Waals surface area contributed by atoms with Crippen molar-refractivity contribution in [2.75, 3.05) is 5.32 Å². The zero-order valence-electron chi connectivity index (χ0n) is 15.4. The number of nitrogens with zero attached hydrogens (tertiary/aromatic N) is 1. The number of amides is 2. The van der Waals surface area contributed by atoms with Gasteiger partial charge in [0, 0.05) is 23.3 Å². The fourth-order valence-electron chi connectivity index (χ4n) is 3.40. The Hall–Kier alpha value is -3.55. The highest BCUT2D eigenvalue weighted by Crippen LogP contribution is 2.31. The summed E-state index contributed by atoms with van der Waals surface area (Å²) in [6, 6.07) is 11.5. The van der Waals surface area contributed by atoms with Crippen LogP contribution in [0.5, 0.6) is 5.75 Å². The maximum Gasteiger partial charge on any atom is 0.387 e. The number of aryl methyl sites for hydroxylation is 1. The predicted molar refractivity (Wildman–Crippen MR) is 103 cm³/mol. The zero-order chi connectivity index (χ0) is 20.5. The molecule has 1 aromatic heterocycles. The van der Waals surface area contributed by atoms with E-state index in [0.29, 0.717) is 27.7 Å². The molecule has 2 N–H and O–H groups in total. The van der Waals surface area contributed by atoms with Crippen LogP contribution in [0.15, 0.2) is 48.7 Å². The molecule has 6 nitrogen and oxygen atoms in total. The molecule has 0 fully saturated rings. The first kappa shape index (κ1) is 18.8. The number of carbonyl (C=O) groups excluding carboxylic acids is 2. The van der Waals surface area contributed by atoms with Crippen LogP contribution in [0.25, 0.3) is 10.9 Å². The van der Waals surface area contributed by atoms with Crippen molar-refractivity contribution in [3.63, 3.8) is 0 Å². The van der Waals surface area contributed by atoms with Crippen LogP contribution in [0, 0.1) is 6.92 Å². The molecule has 0 bridgehead atoms. The van der Waals surface area contributed by atoms with Crippen molar-refractivity contribution in [1.82, 2.24) is 10.3 Å². The Morgan fingerprint density at radius 2 is 2.07 bits per heavy atom. The van der Waals surface area contributed by atoms with E-state index < -0.39 is 12.7 Å². The number of carbonyl (C=O) groups is 2. The number of ether oxygens (including phenoxy) is 1. The highest BCUT2D eigenvalue weighted by molar-refractivity contribution is 5.99. The Balaban J connectivity index is 1.60. The molecule has 2 aromatic carbocycles. The zero-order valence-corrected chi connectivity index (χ0v) is 15.4. The van der Waals surface area contributed by atoms with Crippen LogP contribution in [-0.2, 0) is 4.79 Å². The second-order valence-electron chi connectivity index (χ2n) is 6.78. The molecule has 2 amide bonds. The quantitative estimate of drug-likeness (QED) is 0.698. The topological polar surface area (TPSA) is 80.3 Å². The summed E-state index contributed by atoms with van der Waals surface area (Å²) in [5.41, 5.74) is 2.76. The van der Waals surface area contributed by atoms with Gasteiger partial charge in [-0.1, -0.05) is 18.2 Å². The van der Waals surface area contributed by atoms with Gasteiger partial charge in [-0.2, -0.15) is 8.78 Å². The number of aromatic nitrogens is 1. The van der Waals surface area contributed by atoms with Crippen molar-refractivity contribution in [1.29, 1.82) is 0 Å². The predicted octanol–water partition coefficient (Wildman–Crippen LogP) is 3.96. The first-order chi connectivity index (χ1) is 13.9. The van der Waals surface area contributed by atoms with Crippen molar-refractivity contribution in [3.05, 3.63) is 65.4 Å². The molecule has 0 saturated heterocycles. The Morgan fingerprint density at radius 3 is 2.86 bits per heavy atom. The number of nitrogens with one attached hydrogen (secondary N) is 2. The lowest BCUT2D eigenvalue weighted by molar-refractivity contribution is -0.116. The number of benzene rings is 2. The molecule has 0 radical (unpaired) electrons. The average molecular weight is 397 g/mol. The summed E-state index contributed by atoms with van der Waals surface area (Å²) in [7, 11) is 0. The van der Waals surface area contributed by atoms with E-state index >= 15 is 0 Å². The third-order valence-corrected chi connectivity index (χ3v) is 4.76. The number of hydrogen-bond donors (Lipinski definition) is 2. The van der Waals surface area contributed by atoms with Gasteiger partial charge in [0.15, 0.2) is 0 Å². The number of alkyl halides is 2. The van der Waals surface area contributed by atoms with Gasteiger partial charge in [0.05, 0.1) is 23.5 Å². The molecule has 1 aliphatic heterocycles. The standard InChI is InChI=1S/C21H17F2N3O3/c1-11-6-12-7-13(10-24-16(12)8-18(11)29-21(22)23)20(28)26-17-9-19(27)25-15-5-3-2-4-14(15)17/h2-8,10,17,21H,9H2,1H3,(H,25,27)(H,26,28). The van der Waals surface area contributed by atoms with E-state index in [1.807, 2.05) is 18.2 Å². The molecule has 2 heterocycles. The first-order valence-corrected chi connectivity index (χ1v) is 8.95. The molecule has 29 heavy (non-hydrogen) atoms. The van der Waals surface area contributed by atoms with Crippen molar-refractivity contribution in [2.24, 2.45) is 0 Å². The molecular formula is C21H17F2N3O3. The molecule has 8 heteroatoms. The third kappa shape index (κ3) is 3.87. The lowest BCUT2D eigenvalue weighted by atomic mass is 9.97. The van der Waals surface area contributed by atoms with Crippen molar-refractivity contribution < 1.29 is 23.1 Å². The Morgan fingerprint density at radius 1 is 1.28 bits per heavy atom. The van der Waals surface area contributed by atoms with Crippen molar-refractivity contribution in [3.8, 4) is 5.75 Å². The van der Waals surface area contributed by atoms with Crippen LogP contribution in [0.2, 0.25) is 0 Å². The van der Waals surface area contributed by atoms with Gasteiger partial charge in [0.25, 0.3) is 5.91 Å². The normalized spacial score (nSPS) is 15.7. The number of rotatable bonds is 4. The Labute approximate surface area is 164 Å². The number of halogens is 2. The smallest absolute Gasteiger partial charge is 0.387 e. The maximum absolute atomic E-state index is 12.8. The molecular weight excluding hydrogens is 380 g/mol. The van der Waals surface area contributed by atoms with Gasteiger partial charge in [-0.05, 0) is 36.2 Å². The Kier molecular flexibility index (Phi) is 4.84. The van der Waals surface area contributed by atoms with E-state index in [1.165, 1.54) is 12.3 Å². The molecule has 1 unspecified atom stereocenters. The molecule has 0 aliphatic carbocycles. The minimum absolute atomic E-state index is 0.0435. The molecule has 0 spiro atoms. The van der Waals surface area contributed by atoms with E-state index in [-0.39, 0.29) is 24.0 Å². The van der Waals surface area contributed by atoms with Gasteiger partial charge in [-0.15, -0.1) is 0 Å². The molecule has 3 aromatic rings. The lowest BCUT2D eigenvalue weighted by Gasteiger charge is -2.26. The average Bonchev–Trinajstić information content (AvgIpc) is 2.67. The number of pyridine rings is 1. The summed E-state index contributed by atoms with van der Waals surface area (Å²) in [4.78, 5) is 28.9. The second kappa shape index (κ2) is 7.46. The fraction of sp³-hybridized carbons (Fsp3) is 0.190. The minimum Gasteiger partial charge on any atom is -0.434 e. The van der Waals surface area contributed by atoms with E-state index in [4.69, 9.17) is 0 Å². The molecule has 148 valence electrons. The second-order valence-corrected chi connectivity index (χ2v) is 6.78. The van der Waals surface area contributed by atoms with Crippen LogP contribution in [0.4, 0.5) is 14.5 Å². The van der Waals surface area contributed by atoms with E-state index in [1.54, 1.807) is 25.1 Å². The van der Waals surface area contributed by atoms with Crippen LogP contribution < -0.4 is 15.4 Å². The number of para-hydroxylation sites is 1. The summed E-state index contributed by atoms with van der Waals surface area (Å²) in [6.45, 7) is -1.28. The number of anilines is 1. The van der Waals surface area contributed by atoms with Crippen LogP contribution >= 0.6 is 0 Å². The van der Waals surface area contributed by atoms with Gasteiger partial charge in [-0.3, -0.25) is 14.6 Å². The summed E-state index contributed by atoms with van der Waals surface area (Å²) in [5.74, 6) is -0.505. The van der Waals surface area contributed by atoms with E-state index in [9.17, 15) is 18.4 Å². The number of hydrogen-bond acceptors (Lipinski definition) is 4. The summed E-state index contributed by atoms with van der Waals surface area (Å²) in [6.07, 6.45) is 1.51. The fourth-order valence-corrected chi connectivity index (χ4v) is 3.40. The van der Waals surface area contributed by atoms with Gasteiger partial charge >= 0.3 is 6.61 Å². The molecule has 1 atom stereocenters. The Bertz CT molecular complexity index is 1120.